The summed E-state index contributed by atoms with van der Waals surface area (Å²) < 4.78 is 0. The summed E-state index contributed by atoms with van der Waals surface area (Å²) in [5.41, 5.74) is -1.16. The van der Waals surface area contributed by atoms with Gasteiger partial charge in [0.1, 0.15) is 0 Å². The first-order valence-corrected chi connectivity index (χ1v) is 8.69. The zero-order valence-corrected chi connectivity index (χ0v) is 14.9. The molecule has 0 aliphatic carbocycles. The van der Waals surface area contributed by atoms with Gasteiger partial charge in [-0.2, -0.15) is 0 Å². The number of carboxylic acids is 1. The molecule has 7 nitrogen and oxygen atoms in total. The molecule has 2 N–H and O–H groups in total. The molecule has 24 heavy (non-hydrogen) atoms. The lowest BCUT2D eigenvalue weighted by atomic mass is 9.82. The highest BCUT2D eigenvalue weighted by Gasteiger charge is 2.35. The number of nitro groups is 1. The van der Waals surface area contributed by atoms with Crippen molar-refractivity contribution < 1.29 is 19.6 Å². The molecule has 0 aromatic heterocycles. The second kappa shape index (κ2) is 8.89. The van der Waals surface area contributed by atoms with E-state index in [1.165, 1.54) is 18.2 Å². The van der Waals surface area contributed by atoms with Crippen LogP contribution in [0.5, 0.6) is 0 Å². The molecular weight excluding hydrogens is 356 g/mol. The maximum Gasteiger partial charge on any atom is 0.311 e. The third-order valence-corrected chi connectivity index (χ3v) is 5.21. The van der Waals surface area contributed by atoms with E-state index in [4.69, 9.17) is 11.6 Å². The third kappa shape index (κ3) is 5.10. The number of rotatable bonds is 9. The number of halogens is 1. The highest BCUT2D eigenvalue weighted by atomic mass is 35.5. The topological polar surface area (TPSA) is 110 Å². The predicted molar refractivity (Wildman–Crippen MR) is 92.5 cm³/mol. The fourth-order valence-electron chi connectivity index (χ4n) is 2.10. The molecule has 9 heteroatoms. The van der Waals surface area contributed by atoms with Gasteiger partial charge in [0.05, 0.1) is 21.0 Å². The third-order valence-electron chi connectivity index (χ3n) is 3.91. The standard InChI is InChI=1S/C15H19ClN2O5S/c1-3-15(4-2,14(20)21)9-17-13(19)8-24-12-6-5-10(16)7-11(12)18(22)23/h5-7H,3-4,8-9H2,1-2H3,(H,17,19)(H,20,21). The highest BCUT2D eigenvalue weighted by molar-refractivity contribution is 8.00. The number of carbonyl (C=O) groups is 2. The number of nitro benzene ring substituents is 1. The molecule has 1 rings (SSSR count). The van der Waals surface area contributed by atoms with Crippen molar-refractivity contribution in [1.82, 2.24) is 5.32 Å². The summed E-state index contributed by atoms with van der Waals surface area (Å²) in [6, 6.07) is 4.22. The Balaban J connectivity index is 2.68. The molecule has 1 amide bonds. The molecule has 0 heterocycles. The number of carbonyl (C=O) groups excluding carboxylic acids is 1. The van der Waals surface area contributed by atoms with Crippen LogP contribution in [0.4, 0.5) is 5.69 Å². The number of benzene rings is 1. The van der Waals surface area contributed by atoms with E-state index in [-0.39, 0.29) is 28.9 Å². The van der Waals surface area contributed by atoms with Gasteiger partial charge >= 0.3 is 5.97 Å². The monoisotopic (exact) mass is 374 g/mol. The Morgan fingerprint density at radius 2 is 2.00 bits per heavy atom. The number of aliphatic carboxylic acids is 1. The number of hydrogen-bond acceptors (Lipinski definition) is 5. The largest absolute Gasteiger partial charge is 0.481 e. The maximum atomic E-state index is 11.9. The van der Waals surface area contributed by atoms with E-state index in [0.29, 0.717) is 17.7 Å². The molecule has 0 spiro atoms. The molecule has 0 unspecified atom stereocenters. The van der Waals surface area contributed by atoms with Crippen LogP contribution < -0.4 is 5.32 Å². The minimum Gasteiger partial charge on any atom is -0.481 e. The molecule has 0 saturated carbocycles. The Kier molecular flexibility index (Phi) is 7.50. The van der Waals surface area contributed by atoms with Gasteiger partial charge in [-0.05, 0) is 25.0 Å². The van der Waals surface area contributed by atoms with Crippen molar-refractivity contribution in [2.24, 2.45) is 5.41 Å². The summed E-state index contributed by atoms with van der Waals surface area (Å²) in [7, 11) is 0. The first kappa shape index (κ1) is 20.2. The molecule has 0 radical (unpaired) electrons. The quantitative estimate of drug-likeness (QED) is 0.389. The van der Waals surface area contributed by atoms with Crippen LogP contribution in [0.1, 0.15) is 26.7 Å². The van der Waals surface area contributed by atoms with Gasteiger partial charge in [-0.15, -0.1) is 11.8 Å². The number of nitrogens with one attached hydrogen (secondary N) is 1. The average Bonchev–Trinajstić information content (AvgIpc) is 2.54. The van der Waals surface area contributed by atoms with E-state index in [9.17, 15) is 24.8 Å². The fourth-order valence-corrected chi connectivity index (χ4v) is 3.10. The van der Waals surface area contributed by atoms with Crippen LogP contribution >= 0.6 is 23.4 Å². The van der Waals surface area contributed by atoms with Gasteiger partial charge in [0.15, 0.2) is 0 Å². The summed E-state index contributed by atoms with van der Waals surface area (Å²) in [4.78, 5) is 34.1. The lowest BCUT2D eigenvalue weighted by molar-refractivity contribution is -0.387. The molecule has 0 fully saturated rings. The van der Waals surface area contributed by atoms with Crippen molar-refractivity contribution in [2.45, 2.75) is 31.6 Å². The van der Waals surface area contributed by atoms with E-state index >= 15 is 0 Å². The van der Waals surface area contributed by atoms with Crippen LogP contribution in [0.2, 0.25) is 5.02 Å². The summed E-state index contributed by atoms with van der Waals surface area (Å²) in [6.07, 6.45) is 0.795. The highest BCUT2D eigenvalue weighted by Crippen LogP contribution is 2.31. The second-order valence-corrected chi connectivity index (χ2v) is 6.68. The molecule has 0 bridgehead atoms. The summed E-state index contributed by atoms with van der Waals surface area (Å²) in [6.45, 7) is 3.54. The molecular formula is C15H19ClN2O5S. The Bertz CT molecular complexity index is 634. The van der Waals surface area contributed by atoms with Crippen molar-refractivity contribution in [3.8, 4) is 0 Å². The Hall–Kier alpha value is -1.80. The van der Waals surface area contributed by atoms with Crippen molar-refractivity contribution in [3.63, 3.8) is 0 Å². The molecule has 0 saturated heterocycles. The molecule has 0 aliphatic rings. The summed E-state index contributed by atoms with van der Waals surface area (Å²) in [5.74, 6) is -1.38. The van der Waals surface area contributed by atoms with Crippen LogP contribution in [0, 0.1) is 15.5 Å². The Labute approximate surface area is 148 Å². The zero-order valence-electron chi connectivity index (χ0n) is 13.4. The maximum absolute atomic E-state index is 11.9. The van der Waals surface area contributed by atoms with Crippen LogP contribution in [-0.2, 0) is 9.59 Å². The van der Waals surface area contributed by atoms with Gasteiger partial charge in [0.25, 0.3) is 5.69 Å². The van der Waals surface area contributed by atoms with Crippen LogP contribution in [-0.4, -0.2) is 34.2 Å². The Morgan fingerprint density at radius 3 is 2.50 bits per heavy atom. The smallest absolute Gasteiger partial charge is 0.311 e. The summed E-state index contributed by atoms with van der Waals surface area (Å²) in [5, 5.41) is 23.2. The van der Waals surface area contributed by atoms with E-state index in [1.807, 2.05) is 0 Å². The molecule has 0 atom stereocenters. The second-order valence-electron chi connectivity index (χ2n) is 5.23. The molecule has 1 aromatic rings. The zero-order chi connectivity index (χ0) is 18.3. The Morgan fingerprint density at radius 1 is 1.38 bits per heavy atom. The van der Waals surface area contributed by atoms with E-state index in [2.05, 4.69) is 5.32 Å². The van der Waals surface area contributed by atoms with Gasteiger partial charge in [0, 0.05) is 17.6 Å². The van der Waals surface area contributed by atoms with Gasteiger partial charge in [-0.1, -0.05) is 25.4 Å². The SMILES string of the molecule is CCC(CC)(CNC(=O)CSc1ccc(Cl)cc1[N+](=O)[O-])C(=O)O. The lowest BCUT2D eigenvalue weighted by Crippen LogP contribution is -2.42. The first-order chi connectivity index (χ1) is 11.3. The lowest BCUT2D eigenvalue weighted by Gasteiger charge is -2.26. The van der Waals surface area contributed by atoms with Crippen LogP contribution in [0.3, 0.4) is 0 Å². The number of thioether (sulfide) groups is 1. The van der Waals surface area contributed by atoms with Gasteiger partial charge in [-0.25, -0.2) is 0 Å². The minimum absolute atomic E-state index is 0.0252. The molecule has 132 valence electrons. The fraction of sp³-hybridized carbons (Fsp3) is 0.467. The van der Waals surface area contributed by atoms with E-state index in [1.54, 1.807) is 13.8 Å². The molecule has 0 aliphatic heterocycles. The number of hydrogen-bond donors (Lipinski definition) is 2. The minimum atomic E-state index is -0.993. The van der Waals surface area contributed by atoms with E-state index < -0.39 is 16.3 Å². The van der Waals surface area contributed by atoms with Gasteiger partial charge in [0.2, 0.25) is 5.91 Å². The number of carboxylic acid groups (broad SMARTS) is 1. The summed E-state index contributed by atoms with van der Waals surface area (Å²) >= 11 is 6.74. The molecule has 1 aromatic carbocycles. The van der Waals surface area contributed by atoms with Crippen LogP contribution in [0.15, 0.2) is 23.1 Å². The van der Waals surface area contributed by atoms with Crippen molar-refractivity contribution >= 4 is 40.9 Å². The van der Waals surface area contributed by atoms with E-state index in [0.717, 1.165) is 11.8 Å². The first-order valence-electron chi connectivity index (χ1n) is 7.32. The number of amides is 1. The van der Waals surface area contributed by atoms with Gasteiger partial charge in [-0.3, -0.25) is 19.7 Å². The normalized spacial score (nSPS) is 11.1. The predicted octanol–water partition coefficient (Wildman–Crippen LogP) is 3.35. The van der Waals surface area contributed by atoms with Crippen molar-refractivity contribution in [3.05, 3.63) is 33.3 Å². The van der Waals surface area contributed by atoms with Crippen molar-refractivity contribution in [1.29, 1.82) is 0 Å². The van der Waals surface area contributed by atoms with Gasteiger partial charge < -0.3 is 10.4 Å². The number of nitrogens with zero attached hydrogens (tertiary/aromatic N) is 1. The average molecular weight is 375 g/mol. The van der Waals surface area contributed by atoms with Crippen molar-refractivity contribution in [2.75, 3.05) is 12.3 Å². The van der Waals surface area contributed by atoms with Crippen LogP contribution in [0.25, 0.3) is 0 Å².